The summed E-state index contributed by atoms with van der Waals surface area (Å²) in [5.74, 6) is 1.13. The Morgan fingerprint density at radius 1 is 0.925 bits per heavy atom. The van der Waals surface area contributed by atoms with Gasteiger partial charge in [0.1, 0.15) is 12.4 Å². The van der Waals surface area contributed by atoms with E-state index < -0.39 is 0 Å². The van der Waals surface area contributed by atoms with E-state index in [0.29, 0.717) is 49.5 Å². The van der Waals surface area contributed by atoms with Crippen LogP contribution in [0.5, 0.6) is 5.75 Å². The number of carbonyl (C=O) groups is 2. The number of hydrogen-bond donors (Lipinski definition) is 0. The number of esters is 1. The molecule has 208 valence electrons. The maximum absolute atomic E-state index is 13.4. The lowest BCUT2D eigenvalue weighted by Gasteiger charge is -2.10. The number of carbonyl (C=O) groups excluding carboxylic acids is 2. The maximum atomic E-state index is 13.4. The van der Waals surface area contributed by atoms with Crippen molar-refractivity contribution in [1.82, 2.24) is 4.40 Å². The Bertz CT molecular complexity index is 1450. The second-order valence-corrected chi connectivity index (χ2v) is 10.4. The molecule has 0 bridgehead atoms. The van der Waals surface area contributed by atoms with Gasteiger partial charge in [-0.3, -0.25) is 9.59 Å². The third-order valence-corrected chi connectivity index (χ3v) is 6.83. The third-order valence-electron chi connectivity index (χ3n) is 6.83. The minimum Gasteiger partial charge on any atom is -0.490 e. The highest BCUT2D eigenvalue weighted by Gasteiger charge is 2.17. The second-order valence-electron chi connectivity index (χ2n) is 10.4. The molecule has 0 aliphatic rings. The number of rotatable bonds is 14. The molecule has 0 saturated heterocycles. The van der Waals surface area contributed by atoms with Crippen molar-refractivity contribution >= 4 is 17.3 Å². The largest absolute Gasteiger partial charge is 0.490 e. The van der Waals surface area contributed by atoms with Gasteiger partial charge in [0.2, 0.25) is 0 Å². The SMILES string of the molecule is CCOC(=O)CCCc1cc(C(=O)c2ccc(OCC=CCc3ccccc3CC(C)C)cc2)c2ccccn12. The van der Waals surface area contributed by atoms with Gasteiger partial charge in [0, 0.05) is 29.4 Å². The zero-order valence-corrected chi connectivity index (χ0v) is 23.8. The molecular formula is C35H39NO4. The van der Waals surface area contributed by atoms with Gasteiger partial charge in [0.15, 0.2) is 5.78 Å². The number of ketones is 1. The van der Waals surface area contributed by atoms with Gasteiger partial charge < -0.3 is 13.9 Å². The van der Waals surface area contributed by atoms with Gasteiger partial charge >= 0.3 is 5.97 Å². The molecular weight excluding hydrogens is 498 g/mol. The summed E-state index contributed by atoms with van der Waals surface area (Å²) in [6.07, 6.45) is 9.83. The molecule has 0 spiro atoms. The minimum absolute atomic E-state index is 0.0353. The summed E-state index contributed by atoms with van der Waals surface area (Å²) in [6, 6.07) is 23.7. The lowest BCUT2D eigenvalue weighted by Crippen LogP contribution is -2.04. The van der Waals surface area contributed by atoms with E-state index in [4.69, 9.17) is 9.47 Å². The average molecular weight is 538 g/mol. The molecule has 40 heavy (non-hydrogen) atoms. The van der Waals surface area contributed by atoms with Crippen molar-refractivity contribution in [1.29, 1.82) is 0 Å². The van der Waals surface area contributed by atoms with Crippen LogP contribution < -0.4 is 4.74 Å². The Kier molecular flexibility index (Phi) is 10.3. The van der Waals surface area contributed by atoms with Crippen LogP contribution in [0.4, 0.5) is 0 Å². The van der Waals surface area contributed by atoms with Crippen LogP contribution in [0, 0.1) is 5.92 Å². The molecule has 0 fully saturated rings. The van der Waals surface area contributed by atoms with Gasteiger partial charge in [0.25, 0.3) is 0 Å². The second kappa shape index (κ2) is 14.3. The van der Waals surface area contributed by atoms with Gasteiger partial charge in [-0.1, -0.05) is 56.3 Å². The molecule has 4 aromatic rings. The van der Waals surface area contributed by atoms with Crippen molar-refractivity contribution in [3.63, 3.8) is 0 Å². The van der Waals surface area contributed by atoms with E-state index in [-0.39, 0.29) is 11.8 Å². The standard InChI is InChI=1S/C35H39NO4/c1-4-39-34(37)17-11-15-30-25-32(33-16-7-9-22-36(30)33)35(38)28-18-20-31(21-19-28)40-23-10-8-13-27-12-5-6-14-29(27)24-26(2)3/h5-10,12,14,16,18-22,25-26H,4,11,13,15,17,23-24H2,1-3H3. The molecule has 5 heteroatoms. The Hall–Kier alpha value is -4.12. The minimum atomic E-state index is -0.190. The van der Waals surface area contributed by atoms with E-state index in [2.05, 4.69) is 44.2 Å². The molecule has 4 rings (SSSR count). The van der Waals surface area contributed by atoms with Crippen LogP contribution in [0.2, 0.25) is 0 Å². The molecule has 0 atom stereocenters. The molecule has 0 unspecified atom stereocenters. The first kappa shape index (κ1) is 28.9. The Morgan fingerprint density at radius 3 is 2.42 bits per heavy atom. The fraction of sp³-hybridized carbons (Fsp3) is 0.314. The van der Waals surface area contributed by atoms with Crippen molar-refractivity contribution in [2.45, 2.75) is 52.9 Å². The Balaban J connectivity index is 1.35. The summed E-state index contributed by atoms with van der Waals surface area (Å²) in [4.78, 5) is 25.2. The van der Waals surface area contributed by atoms with Crippen LogP contribution in [-0.2, 0) is 28.8 Å². The molecule has 2 aromatic carbocycles. The first-order valence-corrected chi connectivity index (χ1v) is 14.2. The lowest BCUT2D eigenvalue weighted by atomic mass is 9.96. The van der Waals surface area contributed by atoms with E-state index in [1.54, 1.807) is 0 Å². The van der Waals surface area contributed by atoms with E-state index in [0.717, 1.165) is 29.8 Å². The van der Waals surface area contributed by atoms with Crippen molar-refractivity contribution in [3.05, 3.63) is 119 Å². The molecule has 0 radical (unpaired) electrons. The van der Waals surface area contributed by atoms with Gasteiger partial charge in [0.05, 0.1) is 12.1 Å². The molecule has 0 aliphatic carbocycles. The highest BCUT2D eigenvalue weighted by molar-refractivity contribution is 6.13. The number of hydrogen-bond acceptors (Lipinski definition) is 4. The van der Waals surface area contributed by atoms with Crippen molar-refractivity contribution in [2.75, 3.05) is 13.2 Å². The molecule has 2 aromatic heterocycles. The fourth-order valence-corrected chi connectivity index (χ4v) is 4.92. The fourth-order valence-electron chi connectivity index (χ4n) is 4.92. The number of aromatic nitrogens is 1. The van der Waals surface area contributed by atoms with Crippen LogP contribution in [0.25, 0.3) is 5.52 Å². The van der Waals surface area contributed by atoms with E-state index >= 15 is 0 Å². The number of nitrogens with zero attached hydrogens (tertiary/aromatic N) is 1. The maximum Gasteiger partial charge on any atom is 0.305 e. The average Bonchev–Trinajstić information content (AvgIpc) is 3.32. The quantitative estimate of drug-likeness (QED) is 0.0953. The van der Waals surface area contributed by atoms with Gasteiger partial charge in [-0.25, -0.2) is 0 Å². The normalized spacial score (nSPS) is 11.4. The Labute approximate surface area is 237 Å². The van der Waals surface area contributed by atoms with Crippen LogP contribution in [0.1, 0.15) is 66.4 Å². The molecule has 0 N–H and O–H groups in total. The number of benzene rings is 2. The first-order chi connectivity index (χ1) is 19.5. The zero-order chi connectivity index (χ0) is 28.3. The number of allylic oxidation sites excluding steroid dienone is 1. The molecule has 2 heterocycles. The van der Waals surface area contributed by atoms with Crippen LogP contribution in [-0.4, -0.2) is 29.4 Å². The summed E-state index contributed by atoms with van der Waals surface area (Å²) in [6.45, 7) is 7.16. The number of ether oxygens (including phenoxy) is 2. The van der Waals surface area contributed by atoms with Crippen LogP contribution in [0.15, 0.2) is 91.1 Å². The summed E-state index contributed by atoms with van der Waals surface area (Å²) < 4.78 is 13.0. The molecule has 0 amide bonds. The monoisotopic (exact) mass is 537 g/mol. The van der Waals surface area contributed by atoms with Gasteiger partial charge in [-0.15, -0.1) is 0 Å². The summed E-state index contributed by atoms with van der Waals surface area (Å²) in [5.41, 5.74) is 5.89. The summed E-state index contributed by atoms with van der Waals surface area (Å²) in [7, 11) is 0. The Morgan fingerprint density at radius 2 is 1.68 bits per heavy atom. The molecule has 0 aliphatic heterocycles. The van der Waals surface area contributed by atoms with Gasteiger partial charge in [-0.05, 0) is 92.1 Å². The third kappa shape index (κ3) is 7.72. The highest BCUT2D eigenvalue weighted by atomic mass is 16.5. The van der Waals surface area contributed by atoms with Gasteiger partial charge in [-0.2, -0.15) is 0 Å². The number of aryl methyl sites for hydroxylation is 1. The summed E-state index contributed by atoms with van der Waals surface area (Å²) >= 11 is 0. The number of pyridine rings is 1. The summed E-state index contributed by atoms with van der Waals surface area (Å²) in [5, 5.41) is 0. The van der Waals surface area contributed by atoms with Crippen molar-refractivity contribution in [3.8, 4) is 5.75 Å². The highest BCUT2D eigenvalue weighted by Crippen LogP contribution is 2.23. The predicted octanol–water partition coefficient (Wildman–Crippen LogP) is 7.43. The number of fused-ring (bicyclic) bond motifs is 1. The van der Waals surface area contributed by atoms with E-state index in [9.17, 15) is 9.59 Å². The predicted molar refractivity (Wildman–Crippen MR) is 160 cm³/mol. The topological polar surface area (TPSA) is 57.0 Å². The lowest BCUT2D eigenvalue weighted by molar-refractivity contribution is -0.143. The van der Waals surface area contributed by atoms with E-state index in [1.807, 2.05) is 72.1 Å². The molecule has 5 nitrogen and oxygen atoms in total. The van der Waals surface area contributed by atoms with Crippen LogP contribution in [0.3, 0.4) is 0 Å². The zero-order valence-electron chi connectivity index (χ0n) is 23.8. The van der Waals surface area contributed by atoms with E-state index in [1.165, 1.54) is 11.1 Å². The van der Waals surface area contributed by atoms with Crippen molar-refractivity contribution < 1.29 is 19.1 Å². The molecule has 0 saturated carbocycles. The van der Waals surface area contributed by atoms with Crippen molar-refractivity contribution in [2.24, 2.45) is 5.92 Å². The first-order valence-electron chi connectivity index (χ1n) is 14.2. The smallest absolute Gasteiger partial charge is 0.305 e. The van der Waals surface area contributed by atoms with Crippen LogP contribution >= 0.6 is 0 Å².